The molecule has 0 fully saturated rings. The van der Waals surface area contributed by atoms with E-state index in [0.29, 0.717) is 0 Å². The van der Waals surface area contributed by atoms with Gasteiger partial charge >= 0.3 is 0 Å². The largest absolute Gasteiger partial charge is 0.361 e. The number of aromatic amines is 1. The Labute approximate surface area is 104 Å². The smallest absolute Gasteiger partial charge is 0.0457 e. The molecule has 0 radical (unpaired) electrons. The summed E-state index contributed by atoms with van der Waals surface area (Å²) in [6, 6.07) is 6.53. The van der Waals surface area contributed by atoms with Gasteiger partial charge in [-0.3, -0.25) is 0 Å². The number of likely N-dealkylation sites (N-methyl/N-ethyl adjacent to an activating group) is 1. The van der Waals surface area contributed by atoms with E-state index in [9.17, 15) is 0 Å². The second kappa shape index (κ2) is 4.53. The summed E-state index contributed by atoms with van der Waals surface area (Å²) < 4.78 is 1.30. The summed E-state index contributed by atoms with van der Waals surface area (Å²) in [6.45, 7) is 1.10. The van der Waals surface area contributed by atoms with Crippen LogP contribution >= 0.6 is 22.6 Å². The van der Waals surface area contributed by atoms with Gasteiger partial charge in [-0.1, -0.05) is 0 Å². The van der Waals surface area contributed by atoms with Gasteiger partial charge in [-0.2, -0.15) is 0 Å². The second-order valence-electron chi connectivity index (χ2n) is 4.06. The predicted molar refractivity (Wildman–Crippen MR) is 73.3 cm³/mol. The molecular weight excluding hydrogens is 299 g/mol. The molecule has 0 saturated heterocycles. The highest BCUT2D eigenvalue weighted by atomic mass is 127. The zero-order valence-corrected chi connectivity index (χ0v) is 11.2. The quantitative estimate of drug-likeness (QED) is 0.863. The summed E-state index contributed by atoms with van der Waals surface area (Å²) in [5.41, 5.74) is 2.65. The van der Waals surface area contributed by atoms with Crippen LogP contribution in [0.5, 0.6) is 0 Å². The normalized spacial score (nSPS) is 11.5. The highest BCUT2D eigenvalue weighted by Gasteiger charge is 2.04. The van der Waals surface area contributed by atoms with Crippen molar-refractivity contribution in [3.63, 3.8) is 0 Å². The number of hydrogen-bond acceptors (Lipinski definition) is 1. The molecule has 0 spiro atoms. The standard InChI is InChI=1S/C12H15IN2/c1-15(2)6-5-9-8-14-12-4-3-10(13)7-11(9)12/h3-4,7-8,14H,5-6H2,1-2H3. The lowest BCUT2D eigenvalue weighted by molar-refractivity contribution is 0.414. The van der Waals surface area contributed by atoms with Crippen molar-refractivity contribution in [1.29, 1.82) is 0 Å². The molecule has 2 aromatic rings. The van der Waals surface area contributed by atoms with Gasteiger partial charge in [0, 0.05) is 27.2 Å². The van der Waals surface area contributed by atoms with Crippen LogP contribution in [0, 0.1) is 3.57 Å². The molecular formula is C12H15IN2. The van der Waals surface area contributed by atoms with Crippen molar-refractivity contribution in [3.8, 4) is 0 Å². The van der Waals surface area contributed by atoms with E-state index in [1.807, 2.05) is 0 Å². The lowest BCUT2D eigenvalue weighted by Gasteiger charge is -2.08. The van der Waals surface area contributed by atoms with Gasteiger partial charge in [0.1, 0.15) is 0 Å². The zero-order chi connectivity index (χ0) is 10.8. The fourth-order valence-corrected chi connectivity index (χ4v) is 2.19. The first-order valence-corrected chi connectivity index (χ1v) is 6.15. The fraction of sp³-hybridized carbons (Fsp3) is 0.333. The first kappa shape index (κ1) is 11.0. The molecule has 0 unspecified atom stereocenters. The number of halogens is 1. The van der Waals surface area contributed by atoms with Gasteiger partial charge in [0.2, 0.25) is 0 Å². The molecule has 1 aromatic heterocycles. The third-order valence-electron chi connectivity index (χ3n) is 2.56. The number of rotatable bonds is 3. The molecule has 0 atom stereocenters. The summed E-state index contributed by atoms with van der Waals surface area (Å²) >= 11 is 2.36. The minimum atomic E-state index is 1.10. The van der Waals surface area contributed by atoms with E-state index in [1.165, 1.54) is 20.0 Å². The third kappa shape index (κ3) is 2.52. The average molecular weight is 314 g/mol. The average Bonchev–Trinajstić information content (AvgIpc) is 2.57. The number of aromatic nitrogens is 1. The molecule has 2 rings (SSSR count). The highest BCUT2D eigenvalue weighted by molar-refractivity contribution is 14.1. The topological polar surface area (TPSA) is 19.0 Å². The summed E-state index contributed by atoms with van der Waals surface area (Å²) in [5.74, 6) is 0. The van der Waals surface area contributed by atoms with Crippen molar-refractivity contribution in [2.45, 2.75) is 6.42 Å². The molecule has 0 aliphatic heterocycles. The van der Waals surface area contributed by atoms with Gasteiger partial charge in [0.25, 0.3) is 0 Å². The summed E-state index contributed by atoms with van der Waals surface area (Å²) in [7, 11) is 4.22. The van der Waals surface area contributed by atoms with Gasteiger partial charge in [-0.05, 0) is 66.9 Å². The third-order valence-corrected chi connectivity index (χ3v) is 3.23. The molecule has 0 saturated carbocycles. The Bertz CT molecular complexity index is 460. The van der Waals surface area contributed by atoms with Gasteiger partial charge in [-0.25, -0.2) is 0 Å². The predicted octanol–water partition coefficient (Wildman–Crippen LogP) is 2.88. The summed E-state index contributed by atoms with van der Waals surface area (Å²) in [4.78, 5) is 5.53. The Morgan fingerprint density at radius 3 is 2.87 bits per heavy atom. The number of nitrogens with zero attached hydrogens (tertiary/aromatic N) is 1. The lowest BCUT2D eigenvalue weighted by Crippen LogP contribution is -2.14. The molecule has 1 aromatic carbocycles. The van der Waals surface area contributed by atoms with E-state index in [1.54, 1.807) is 0 Å². The van der Waals surface area contributed by atoms with Crippen molar-refractivity contribution < 1.29 is 0 Å². The number of benzene rings is 1. The molecule has 0 bridgehead atoms. The molecule has 80 valence electrons. The molecule has 1 heterocycles. The van der Waals surface area contributed by atoms with E-state index in [4.69, 9.17) is 0 Å². The first-order valence-electron chi connectivity index (χ1n) is 5.07. The maximum absolute atomic E-state index is 3.32. The first-order chi connectivity index (χ1) is 7.16. The van der Waals surface area contributed by atoms with E-state index in [-0.39, 0.29) is 0 Å². The number of nitrogens with one attached hydrogen (secondary N) is 1. The van der Waals surface area contributed by atoms with Crippen LogP contribution in [0.15, 0.2) is 24.4 Å². The van der Waals surface area contributed by atoms with E-state index >= 15 is 0 Å². The molecule has 0 amide bonds. The zero-order valence-electron chi connectivity index (χ0n) is 9.05. The van der Waals surface area contributed by atoms with Crippen LogP contribution in [-0.2, 0) is 6.42 Å². The fourth-order valence-electron chi connectivity index (χ4n) is 1.70. The Hall–Kier alpha value is -0.550. The Balaban J connectivity index is 2.31. The molecule has 0 aliphatic carbocycles. The number of H-pyrrole nitrogens is 1. The van der Waals surface area contributed by atoms with E-state index in [2.05, 4.69) is 71.0 Å². The van der Waals surface area contributed by atoms with Crippen LogP contribution in [0.25, 0.3) is 10.9 Å². The van der Waals surface area contributed by atoms with Crippen LogP contribution in [-0.4, -0.2) is 30.5 Å². The Morgan fingerprint density at radius 1 is 1.33 bits per heavy atom. The van der Waals surface area contributed by atoms with Gasteiger partial charge < -0.3 is 9.88 Å². The van der Waals surface area contributed by atoms with Crippen LogP contribution < -0.4 is 0 Å². The van der Waals surface area contributed by atoms with Crippen molar-refractivity contribution >= 4 is 33.5 Å². The molecule has 3 heteroatoms. The Kier molecular flexibility index (Phi) is 3.31. The van der Waals surface area contributed by atoms with Crippen molar-refractivity contribution in [2.75, 3.05) is 20.6 Å². The molecule has 0 aliphatic rings. The lowest BCUT2D eigenvalue weighted by atomic mass is 10.1. The minimum Gasteiger partial charge on any atom is -0.361 e. The highest BCUT2D eigenvalue weighted by Crippen LogP contribution is 2.21. The number of fused-ring (bicyclic) bond motifs is 1. The maximum atomic E-state index is 3.32. The van der Waals surface area contributed by atoms with Gasteiger partial charge in [-0.15, -0.1) is 0 Å². The van der Waals surface area contributed by atoms with Crippen LogP contribution in [0.4, 0.5) is 0 Å². The Morgan fingerprint density at radius 2 is 2.13 bits per heavy atom. The SMILES string of the molecule is CN(C)CCc1c[nH]c2ccc(I)cc12. The van der Waals surface area contributed by atoms with Crippen LogP contribution in [0.2, 0.25) is 0 Å². The second-order valence-corrected chi connectivity index (χ2v) is 5.30. The van der Waals surface area contributed by atoms with Crippen molar-refractivity contribution in [1.82, 2.24) is 9.88 Å². The molecule has 2 nitrogen and oxygen atoms in total. The summed E-state index contributed by atoms with van der Waals surface area (Å²) in [5, 5.41) is 1.36. The summed E-state index contributed by atoms with van der Waals surface area (Å²) in [6.07, 6.45) is 3.23. The van der Waals surface area contributed by atoms with Gasteiger partial charge in [0.15, 0.2) is 0 Å². The van der Waals surface area contributed by atoms with E-state index < -0.39 is 0 Å². The van der Waals surface area contributed by atoms with Crippen molar-refractivity contribution in [2.24, 2.45) is 0 Å². The minimum absolute atomic E-state index is 1.10. The van der Waals surface area contributed by atoms with E-state index in [0.717, 1.165) is 13.0 Å². The van der Waals surface area contributed by atoms with Crippen LogP contribution in [0.3, 0.4) is 0 Å². The number of hydrogen-bond donors (Lipinski definition) is 1. The molecule has 1 N–H and O–H groups in total. The van der Waals surface area contributed by atoms with Gasteiger partial charge in [0.05, 0.1) is 0 Å². The molecule has 15 heavy (non-hydrogen) atoms. The van der Waals surface area contributed by atoms with Crippen molar-refractivity contribution in [3.05, 3.63) is 33.5 Å². The monoisotopic (exact) mass is 314 g/mol. The van der Waals surface area contributed by atoms with Crippen LogP contribution in [0.1, 0.15) is 5.56 Å². The maximum Gasteiger partial charge on any atom is 0.0457 e.